The number of aliphatic imine (C=N–C) groups is 1. The first-order valence-electron chi connectivity index (χ1n) is 9.36. The number of nitrogens with zero attached hydrogens (tertiary/aromatic N) is 3. The van der Waals surface area contributed by atoms with Gasteiger partial charge >= 0.3 is 0 Å². The van der Waals surface area contributed by atoms with Gasteiger partial charge in [-0.2, -0.15) is 4.98 Å². The Morgan fingerprint density at radius 2 is 2.04 bits per heavy atom. The summed E-state index contributed by atoms with van der Waals surface area (Å²) < 4.78 is 0. The molecule has 0 atom stereocenters. The maximum atomic E-state index is 10.2. The van der Waals surface area contributed by atoms with Crippen molar-refractivity contribution in [2.45, 2.75) is 12.8 Å². The zero-order valence-corrected chi connectivity index (χ0v) is 15.2. The molecule has 1 aliphatic heterocycles. The molecular weight excluding hydrogens is 352 g/mol. The Bertz CT molecular complexity index is 1070. The Labute approximate surface area is 162 Å². The average molecular weight is 372 g/mol. The highest BCUT2D eigenvalue weighted by Crippen LogP contribution is 2.34. The number of anilines is 3. The number of nitrogens with one attached hydrogen (secondary N) is 3. The number of aromatic amines is 1. The van der Waals surface area contributed by atoms with Crippen molar-refractivity contribution in [1.82, 2.24) is 15.0 Å². The summed E-state index contributed by atoms with van der Waals surface area (Å²) >= 11 is 0. The molecule has 0 radical (unpaired) electrons. The van der Waals surface area contributed by atoms with Crippen molar-refractivity contribution in [2.75, 3.05) is 17.2 Å². The summed E-state index contributed by atoms with van der Waals surface area (Å²) in [7, 11) is 0. The summed E-state index contributed by atoms with van der Waals surface area (Å²) in [6.07, 6.45) is 7.88. The van der Waals surface area contributed by atoms with Crippen LogP contribution >= 0.6 is 0 Å². The Morgan fingerprint density at radius 1 is 1.18 bits per heavy atom. The number of rotatable bonds is 6. The molecule has 1 saturated carbocycles. The summed E-state index contributed by atoms with van der Waals surface area (Å²) in [5, 5.41) is 16.7. The number of benzene rings is 1. The summed E-state index contributed by atoms with van der Waals surface area (Å²) in [5.74, 6) is 1.95. The second-order valence-electron chi connectivity index (χ2n) is 7.09. The molecule has 0 amide bonds. The number of hydrogen-bond acceptors (Lipinski definition) is 6. The number of imidazole rings is 1. The molecule has 4 N–H and O–H groups in total. The molecule has 0 saturated heterocycles. The number of allylic oxidation sites excluding steroid dienone is 1. The van der Waals surface area contributed by atoms with E-state index in [-0.39, 0.29) is 5.88 Å². The zero-order chi connectivity index (χ0) is 18.9. The molecule has 1 fully saturated rings. The molecule has 0 unspecified atom stereocenters. The lowest BCUT2D eigenvalue weighted by Crippen LogP contribution is -2.04. The third-order valence-corrected chi connectivity index (χ3v) is 4.83. The first-order valence-corrected chi connectivity index (χ1v) is 9.36. The van der Waals surface area contributed by atoms with Gasteiger partial charge in [-0.05, 0) is 43.0 Å². The van der Waals surface area contributed by atoms with Crippen LogP contribution in [0.3, 0.4) is 0 Å². The third kappa shape index (κ3) is 3.46. The Morgan fingerprint density at radius 3 is 2.86 bits per heavy atom. The molecule has 3 aromatic rings. The largest absolute Gasteiger partial charge is 0.492 e. The van der Waals surface area contributed by atoms with E-state index in [1.807, 2.05) is 42.5 Å². The second kappa shape index (κ2) is 6.84. The first-order chi connectivity index (χ1) is 13.7. The maximum absolute atomic E-state index is 10.2. The molecule has 7 heteroatoms. The summed E-state index contributed by atoms with van der Waals surface area (Å²) in [6.45, 7) is 0.881. The van der Waals surface area contributed by atoms with E-state index in [2.05, 4.69) is 30.6 Å². The predicted octanol–water partition coefficient (Wildman–Crippen LogP) is 4.33. The highest BCUT2D eigenvalue weighted by atomic mass is 16.3. The van der Waals surface area contributed by atoms with Gasteiger partial charge in [0.25, 0.3) is 0 Å². The monoisotopic (exact) mass is 372 g/mol. The minimum absolute atomic E-state index is 0.0285. The molecule has 1 aliphatic carbocycles. The van der Waals surface area contributed by atoms with Crippen molar-refractivity contribution >= 4 is 41.0 Å². The van der Waals surface area contributed by atoms with Crippen molar-refractivity contribution in [1.29, 1.82) is 0 Å². The Balaban J connectivity index is 1.39. The fraction of sp³-hybridized carbons (Fsp3) is 0.190. The van der Waals surface area contributed by atoms with Crippen LogP contribution in [-0.2, 0) is 0 Å². The lowest BCUT2D eigenvalue weighted by Gasteiger charge is -2.07. The lowest BCUT2D eigenvalue weighted by molar-refractivity contribution is 0.455. The van der Waals surface area contributed by atoms with Crippen molar-refractivity contribution in [2.24, 2.45) is 10.9 Å². The van der Waals surface area contributed by atoms with Gasteiger partial charge in [0.2, 0.25) is 11.8 Å². The highest BCUT2D eigenvalue weighted by Gasteiger charge is 2.21. The van der Waals surface area contributed by atoms with Gasteiger partial charge in [0, 0.05) is 29.6 Å². The van der Waals surface area contributed by atoms with Gasteiger partial charge in [-0.1, -0.05) is 18.2 Å². The standard InChI is InChI=1S/C21H20N6O/c28-20-18(26-21(27-20)24-10-13-6-7-13)8-14-11-22-19-17(14)9-16(12-23-19)25-15-4-2-1-3-5-15/h1-5,8-9,11-13,25,28H,6-7,10H2,(H2,24,26,27)/b14-8-. The number of aromatic hydroxyl groups is 1. The van der Waals surface area contributed by atoms with Gasteiger partial charge in [0.15, 0.2) is 5.82 Å². The Kier molecular flexibility index (Phi) is 4.05. The van der Waals surface area contributed by atoms with E-state index in [4.69, 9.17) is 0 Å². The highest BCUT2D eigenvalue weighted by molar-refractivity contribution is 6.21. The summed E-state index contributed by atoms with van der Waals surface area (Å²) in [5.41, 5.74) is 4.19. The molecule has 2 aromatic heterocycles. The normalized spacial score (nSPS) is 16.4. The van der Waals surface area contributed by atoms with E-state index in [1.165, 1.54) is 12.8 Å². The molecule has 7 nitrogen and oxygen atoms in total. The number of hydrogen-bond donors (Lipinski definition) is 4. The van der Waals surface area contributed by atoms with Crippen LogP contribution in [0.5, 0.6) is 5.88 Å². The number of H-pyrrole nitrogens is 1. The van der Waals surface area contributed by atoms with Crippen LogP contribution in [0.2, 0.25) is 0 Å². The SMILES string of the molecule is Oc1nc(NCC2CC2)[nH]c1/C=C1/C=Nc2ncc(Nc3ccccc3)cc21. The molecule has 28 heavy (non-hydrogen) atoms. The minimum atomic E-state index is -0.0285. The molecule has 1 aromatic carbocycles. The van der Waals surface area contributed by atoms with Crippen LogP contribution in [0, 0.1) is 5.92 Å². The van der Waals surface area contributed by atoms with Gasteiger partial charge in [-0.15, -0.1) is 0 Å². The van der Waals surface area contributed by atoms with E-state index < -0.39 is 0 Å². The average Bonchev–Trinajstić information content (AvgIpc) is 3.37. The minimum Gasteiger partial charge on any atom is -0.492 e. The number of aromatic nitrogens is 3. The number of para-hydroxylation sites is 1. The number of fused-ring (bicyclic) bond motifs is 1. The second-order valence-corrected chi connectivity index (χ2v) is 7.09. The maximum Gasteiger partial charge on any atom is 0.238 e. The van der Waals surface area contributed by atoms with Gasteiger partial charge in [-0.3, -0.25) is 0 Å². The fourth-order valence-corrected chi connectivity index (χ4v) is 3.13. The van der Waals surface area contributed by atoms with Gasteiger partial charge in [0.05, 0.1) is 11.9 Å². The molecule has 0 bridgehead atoms. The van der Waals surface area contributed by atoms with Crippen LogP contribution in [-0.4, -0.2) is 32.8 Å². The quantitative estimate of drug-likeness (QED) is 0.516. The molecular formula is C21H20N6O. The molecule has 3 heterocycles. The van der Waals surface area contributed by atoms with Crippen LogP contribution in [0.1, 0.15) is 24.1 Å². The van der Waals surface area contributed by atoms with Crippen LogP contribution in [0.15, 0.2) is 47.6 Å². The van der Waals surface area contributed by atoms with E-state index in [9.17, 15) is 5.11 Å². The summed E-state index contributed by atoms with van der Waals surface area (Å²) in [6, 6.07) is 11.9. The van der Waals surface area contributed by atoms with Crippen molar-refractivity contribution in [3.8, 4) is 5.88 Å². The summed E-state index contributed by atoms with van der Waals surface area (Å²) in [4.78, 5) is 16.1. The third-order valence-electron chi connectivity index (χ3n) is 4.83. The molecule has 2 aliphatic rings. The van der Waals surface area contributed by atoms with Gasteiger partial charge in [0.1, 0.15) is 5.69 Å². The smallest absolute Gasteiger partial charge is 0.238 e. The van der Waals surface area contributed by atoms with E-state index in [0.717, 1.165) is 35.0 Å². The van der Waals surface area contributed by atoms with E-state index in [0.29, 0.717) is 17.5 Å². The first kappa shape index (κ1) is 16.6. The molecule has 0 spiro atoms. The molecule has 140 valence electrons. The van der Waals surface area contributed by atoms with Crippen LogP contribution in [0.25, 0.3) is 11.6 Å². The predicted molar refractivity (Wildman–Crippen MR) is 111 cm³/mol. The molecule has 5 rings (SSSR count). The van der Waals surface area contributed by atoms with E-state index >= 15 is 0 Å². The number of pyridine rings is 1. The van der Waals surface area contributed by atoms with Crippen LogP contribution in [0.4, 0.5) is 23.1 Å². The lowest BCUT2D eigenvalue weighted by atomic mass is 10.1. The van der Waals surface area contributed by atoms with Crippen molar-refractivity contribution in [3.63, 3.8) is 0 Å². The van der Waals surface area contributed by atoms with Crippen molar-refractivity contribution in [3.05, 3.63) is 53.9 Å². The Hall–Kier alpha value is -3.61. The zero-order valence-electron chi connectivity index (χ0n) is 15.2. The van der Waals surface area contributed by atoms with Crippen molar-refractivity contribution < 1.29 is 5.11 Å². The van der Waals surface area contributed by atoms with E-state index in [1.54, 1.807) is 12.4 Å². The van der Waals surface area contributed by atoms with Gasteiger partial charge < -0.3 is 20.7 Å². The fourth-order valence-electron chi connectivity index (χ4n) is 3.13. The topological polar surface area (TPSA) is 98.2 Å². The van der Waals surface area contributed by atoms with Gasteiger partial charge in [-0.25, -0.2) is 9.98 Å². The van der Waals surface area contributed by atoms with Crippen LogP contribution < -0.4 is 10.6 Å².